The summed E-state index contributed by atoms with van der Waals surface area (Å²) in [4.78, 5) is 4.43. The van der Waals surface area contributed by atoms with Crippen molar-refractivity contribution in [3.05, 3.63) is 25.4 Å². The number of allylic oxidation sites excluding steroid dienone is 1. The zero-order valence-electron chi connectivity index (χ0n) is 12.7. The second-order valence-electron chi connectivity index (χ2n) is 5.38. The smallest absolute Gasteiger partial charge is 0.0456 e. The van der Waals surface area contributed by atoms with E-state index in [-0.39, 0.29) is 5.41 Å². The first-order valence-corrected chi connectivity index (χ1v) is 7.46. The Hall–Kier alpha value is -0.850. The number of hydrogen-bond donors (Lipinski definition) is 0. The number of aliphatic imine (C=N–C) groups is 1. The van der Waals surface area contributed by atoms with E-state index in [2.05, 4.69) is 38.9 Å². The Balaban J connectivity index is 4.63. The molecule has 0 aliphatic rings. The molecule has 1 heteroatoms. The molecule has 0 fully saturated rings. The van der Waals surface area contributed by atoms with Gasteiger partial charge >= 0.3 is 0 Å². The van der Waals surface area contributed by atoms with Gasteiger partial charge in [0.2, 0.25) is 0 Å². The zero-order valence-corrected chi connectivity index (χ0v) is 12.7. The first-order valence-electron chi connectivity index (χ1n) is 7.46. The maximum absolute atomic E-state index is 4.43. The Kier molecular flexibility index (Phi) is 9.63. The first-order chi connectivity index (χ1) is 8.64. The predicted molar refractivity (Wildman–Crippen MR) is 84.2 cm³/mol. The average molecular weight is 249 g/mol. The molecule has 0 aliphatic heterocycles. The molecule has 0 radical (unpaired) electrons. The molecule has 1 nitrogen and oxygen atoms in total. The quantitative estimate of drug-likeness (QED) is 0.318. The van der Waals surface area contributed by atoms with Gasteiger partial charge in [-0.2, -0.15) is 0 Å². The minimum absolute atomic E-state index is 0.180. The third-order valence-electron chi connectivity index (χ3n) is 3.71. The van der Waals surface area contributed by atoms with Gasteiger partial charge in [-0.05, 0) is 18.9 Å². The van der Waals surface area contributed by atoms with Crippen molar-refractivity contribution in [2.24, 2.45) is 10.4 Å². The van der Waals surface area contributed by atoms with Crippen LogP contribution in [0.4, 0.5) is 0 Å². The van der Waals surface area contributed by atoms with Crippen molar-refractivity contribution in [3.63, 3.8) is 0 Å². The van der Waals surface area contributed by atoms with Crippen molar-refractivity contribution in [1.82, 2.24) is 0 Å². The monoisotopic (exact) mass is 249 g/mol. The summed E-state index contributed by atoms with van der Waals surface area (Å²) in [5.74, 6) is 0. The summed E-state index contributed by atoms with van der Waals surface area (Å²) in [6.45, 7) is 14.5. The van der Waals surface area contributed by atoms with Crippen LogP contribution >= 0.6 is 0 Å². The maximum Gasteiger partial charge on any atom is 0.0456 e. The van der Waals surface area contributed by atoms with Gasteiger partial charge in [0.05, 0.1) is 0 Å². The maximum atomic E-state index is 4.43. The summed E-state index contributed by atoms with van der Waals surface area (Å²) in [5, 5.41) is 0. The van der Waals surface area contributed by atoms with Crippen LogP contribution in [-0.4, -0.2) is 5.71 Å². The van der Waals surface area contributed by atoms with Crippen LogP contribution in [0.1, 0.15) is 72.1 Å². The zero-order chi connectivity index (χ0) is 13.9. The average Bonchev–Trinajstić information content (AvgIpc) is 2.38. The third-order valence-corrected chi connectivity index (χ3v) is 3.71. The molecule has 0 aliphatic carbocycles. The van der Waals surface area contributed by atoms with Gasteiger partial charge < -0.3 is 0 Å². The normalized spacial score (nSPS) is 15.2. The first kappa shape index (κ1) is 17.2. The van der Waals surface area contributed by atoms with E-state index in [1.54, 1.807) is 6.20 Å². The van der Waals surface area contributed by atoms with Gasteiger partial charge in [-0.25, -0.2) is 0 Å². The Labute approximate surface area is 114 Å². The number of rotatable bonds is 11. The molecular formula is C17H31N. The van der Waals surface area contributed by atoms with E-state index in [9.17, 15) is 0 Å². The molecule has 0 bridgehead atoms. The fourth-order valence-electron chi connectivity index (χ4n) is 2.44. The summed E-state index contributed by atoms with van der Waals surface area (Å²) < 4.78 is 0. The molecule has 104 valence electrons. The van der Waals surface area contributed by atoms with Crippen LogP contribution < -0.4 is 0 Å². The third kappa shape index (κ3) is 6.18. The molecule has 18 heavy (non-hydrogen) atoms. The van der Waals surface area contributed by atoms with Crippen molar-refractivity contribution < 1.29 is 0 Å². The van der Waals surface area contributed by atoms with Crippen LogP contribution in [0.15, 0.2) is 30.4 Å². The standard InChI is InChI=1S/C17H31N/c1-6-10-12-13-15-17(5,14-11-7-2)16(8-3)18-9-4/h8-9H,3-4,6-7,10-15H2,1-2,5H3/b18-16+. The molecule has 0 saturated carbocycles. The van der Waals surface area contributed by atoms with Crippen molar-refractivity contribution in [3.8, 4) is 0 Å². The number of nitrogens with zero attached hydrogens (tertiary/aromatic N) is 1. The van der Waals surface area contributed by atoms with Crippen LogP contribution in [0, 0.1) is 5.41 Å². The van der Waals surface area contributed by atoms with E-state index in [1.807, 2.05) is 6.08 Å². The van der Waals surface area contributed by atoms with Crippen molar-refractivity contribution >= 4 is 5.71 Å². The van der Waals surface area contributed by atoms with E-state index in [4.69, 9.17) is 0 Å². The fourth-order valence-corrected chi connectivity index (χ4v) is 2.44. The topological polar surface area (TPSA) is 12.4 Å². The van der Waals surface area contributed by atoms with Gasteiger partial charge in [0, 0.05) is 17.3 Å². The molecule has 0 rings (SSSR count). The molecule has 1 atom stereocenters. The van der Waals surface area contributed by atoms with E-state index < -0.39 is 0 Å². The summed E-state index contributed by atoms with van der Waals surface area (Å²) in [5.41, 5.74) is 1.29. The SMILES string of the molecule is C=C/N=C(\C=C)C(C)(CCCC)CCCCCC. The van der Waals surface area contributed by atoms with E-state index in [0.717, 1.165) is 5.71 Å². The molecule has 0 aromatic rings. The Morgan fingerprint density at radius 1 is 1.00 bits per heavy atom. The minimum atomic E-state index is 0.180. The Morgan fingerprint density at radius 3 is 2.11 bits per heavy atom. The van der Waals surface area contributed by atoms with Gasteiger partial charge in [0.25, 0.3) is 0 Å². The molecule has 0 amide bonds. The van der Waals surface area contributed by atoms with Crippen LogP contribution in [0.3, 0.4) is 0 Å². The lowest BCUT2D eigenvalue weighted by Crippen LogP contribution is -2.26. The number of unbranched alkanes of at least 4 members (excludes halogenated alkanes) is 4. The van der Waals surface area contributed by atoms with Crippen LogP contribution in [-0.2, 0) is 0 Å². The molecule has 0 N–H and O–H groups in total. The molecule has 0 aromatic heterocycles. The Morgan fingerprint density at radius 2 is 1.61 bits per heavy atom. The summed E-state index contributed by atoms with van der Waals surface area (Å²) in [6.07, 6.45) is 13.7. The highest BCUT2D eigenvalue weighted by Gasteiger charge is 2.27. The molecule has 0 saturated heterocycles. The van der Waals surface area contributed by atoms with Gasteiger partial charge in [-0.1, -0.05) is 72.5 Å². The highest BCUT2D eigenvalue weighted by Crippen LogP contribution is 2.33. The van der Waals surface area contributed by atoms with Crippen molar-refractivity contribution in [1.29, 1.82) is 0 Å². The lowest BCUT2D eigenvalue weighted by molar-refractivity contribution is 0.364. The lowest BCUT2D eigenvalue weighted by Gasteiger charge is -2.30. The molecule has 0 aromatic carbocycles. The van der Waals surface area contributed by atoms with Crippen molar-refractivity contribution in [2.75, 3.05) is 0 Å². The van der Waals surface area contributed by atoms with Crippen LogP contribution in [0.2, 0.25) is 0 Å². The van der Waals surface area contributed by atoms with Gasteiger partial charge in [-0.3, -0.25) is 4.99 Å². The van der Waals surface area contributed by atoms with Gasteiger partial charge in [-0.15, -0.1) is 0 Å². The largest absolute Gasteiger partial charge is 0.261 e. The van der Waals surface area contributed by atoms with Crippen molar-refractivity contribution in [2.45, 2.75) is 72.1 Å². The second kappa shape index (κ2) is 10.1. The van der Waals surface area contributed by atoms with E-state index in [1.165, 1.54) is 51.4 Å². The lowest BCUT2D eigenvalue weighted by atomic mass is 9.75. The second-order valence-corrected chi connectivity index (χ2v) is 5.38. The molecule has 0 spiro atoms. The highest BCUT2D eigenvalue weighted by molar-refractivity contribution is 5.99. The van der Waals surface area contributed by atoms with Gasteiger partial charge in [0.1, 0.15) is 0 Å². The Bertz CT molecular complexity index is 265. The molecule has 0 heterocycles. The number of hydrogen-bond acceptors (Lipinski definition) is 1. The van der Waals surface area contributed by atoms with Gasteiger partial charge in [0.15, 0.2) is 0 Å². The summed E-state index contributed by atoms with van der Waals surface area (Å²) in [7, 11) is 0. The predicted octanol–water partition coefficient (Wildman–Crippen LogP) is 5.92. The fraction of sp³-hybridized carbons (Fsp3) is 0.706. The summed E-state index contributed by atoms with van der Waals surface area (Å²) >= 11 is 0. The molecule has 1 unspecified atom stereocenters. The van der Waals surface area contributed by atoms with E-state index in [0.29, 0.717) is 0 Å². The van der Waals surface area contributed by atoms with Crippen LogP contribution in [0.25, 0.3) is 0 Å². The van der Waals surface area contributed by atoms with Crippen LogP contribution in [0.5, 0.6) is 0 Å². The summed E-state index contributed by atoms with van der Waals surface area (Å²) in [6, 6.07) is 0. The molecular weight excluding hydrogens is 218 g/mol. The van der Waals surface area contributed by atoms with E-state index >= 15 is 0 Å². The highest BCUT2D eigenvalue weighted by atomic mass is 14.7. The minimum Gasteiger partial charge on any atom is -0.261 e.